The van der Waals surface area contributed by atoms with Crippen molar-refractivity contribution in [1.29, 1.82) is 0 Å². The van der Waals surface area contributed by atoms with Crippen molar-refractivity contribution in [3.63, 3.8) is 0 Å². The second-order valence-electron chi connectivity index (χ2n) is 16.3. The summed E-state index contributed by atoms with van der Waals surface area (Å²) in [7, 11) is 0. The molecule has 57 heavy (non-hydrogen) atoms. The molecule has 0 radical (unpaired) electrons. The predicted octanol–water partition coefficient (Wildman–Crippen LogP) is 13.7. The normalized spacial score (nSPS) is 19.1. The van der Waals surface area contributed by atoms with Gasteiger partial charge in [-0.05, 0) is 188 Å². The van der Waals surface area contributed by atoms with Crippen molar-refractivity contribution in [2.75, 3.05) is 0 Å². The smallest absolute Gasteiger partial charge is 0.0438 e. The van der Waals surface area contributed by atoms with E-state index >= 15 is 0 Å². The van der Waals surface area contributed by atoms with Crippen LogP contribution < -0.4 is 10.4 Å². The lowest BCUT2D eigenvalue weighted by Gasteiger charge is -2.28. The summed E-state index contributed by atoms with van der Waals surface area (Å²) in [6.45, 7) is 4.44. The highest BCUT2D eigenvalue weighted by molar-refractivity contribution is 6.06. The van der Waals surface area contributed by atoms with Gasteiger partial charge in [-0.3, -0.25) is 4.99 Å². The third kappa shape index (κ3) is 6.91. The van der Waals surface area contributed by atoms with Crippen LogP contribution in [0.1, 0.15) is 75.3 Å². The minimum Gasteiger partial charge on any atom is -0.261 e. The molecular weight excluding hydrogens is 687 g/mol. The molecule has 5 aliphatic rings. The van der Waals surface area contributed by atoms with Gasteiger partial charge in [0.15, 0.2) is 0 Å². The zero-order valence-electron chi connectivity index (χ0n) is 32.8. The third-order valence-electron chi connectivity index (χ3n) is 12.8. The average Bonchev–Trinajstić information content (AvgIpc) is 3.29. The van der Waals surface area contributed by atoms with E-state index in [4.69, 9.17) is 4.99 Å². The van der Waals surface area contributed by atoms with E-state index < -0.39 is 0 Å². The van der Waals surface area contributed by atoms with Crippen molar-refractivity contribution in [2.24, 2.45) is 10.9 Å². The third-order valence-corrected chi connectivity index (χ3v) is 12.8. The second-order valence-corrected chi connectivity index (χ2v) is 16.3. The molecule has 5 aromatic rings. The standard InChI is InChI=1S/C56H49N/c1-38-14-8-9-19-49(38)41-23-27-43(28-24-41)55-50-20-10-11-21-51(50)56(44-29-25-42(26-30-44)54-22-12-13-33-57-54)53-37-45(31-32-52(53)55)48-35-46(39-15-4-2-5-16-39)34-47(36-48)40-17-6-3-7-18-40/h2-9,13,15-21,25,27,29,31-37,41H,1,10-12,14,22-24,26,28,30H2. The van der Waals surface area contributed by atoms with Gasteiger partial charge in [-0.25, -0.2) is 0 Å². The van der Waals surface area contributed by atoms with E-state index in [0.29, 0.717) is 5.92 Å². The Morgan fingerprint density at radius 3 is 1.81 bits per heavy atom. The molecule has 1 aliphatic heterocycles. The van der Waals surface area contributed by atoms with E-state index in [1.165, 1.54) is 99.3 Å². The summed E-state index contributed by atoms with van der Waals surface area (Å²) in [6, 6.07) is 36.2. The molecule has 1 heteroatoms. The fraction of sp³-hybridized carbons (Fsp3) is 0.196. The molecule has 0 saturated carbocycles. The van der Waals surface area contributed by atoms with Crippen LogP contribution in [0.5, 0.6) is 0 Å². The maximum atomic E-state index is 4.79. The van der Waals surface area contributed by atoms with Gasteiger partial charge in [-0.15, -0.1) is 0 Å². The van der Waals surface area contributed by atoms with E-state index in [1.807, 2.05) is 6.20 Å². The molecule has 5 aromatic carbocycles. The fourth-order valence-electron chi connectivity index (χ4n) is 9.89. The molecule has 0 bridgehead atoms. The maximum absolute atomic E-state index is 4.79. The lowest BCUT2D eigenvalue weighted by Crippen LogP contribution is -2.34. The molecule has 0 fully saturated rings. The van der Waals surface area contributed by atoms with Crippen LogP contribution in [0, 0.1) is 5.92 Å². The second kappa shape index (κ2) is 15.5. The number of hydrogen-bond donors (Lipinski definition) is 0. The topological polar surface area (TPSA) is 12.4 Å². The molecule has 4 aliphatic carbocycles. The first-order chi connectivity index (χ1) is 28.2. The highest BCUT2D eigenvalue weighted by atomic mass is 14.7. The van der Waals surface area contributed by atoms with Gasteiger partial charge in [0.1, 0.15) is 0 Å². The average molecular weight is 736 g/mol. The minimum absolute atomic E-state index is 0.544. The Labute approximate surface area is 337 Å². The molecule has 278 valence electrons. The molecule has 0 spiro atoms. The van der Waals surface area contributed by atoms with Crippen molar-refractivity contribution in [3.8, 4) is 33.4 Å². The van der Waals surface area contributed by atoms with E-state index in [9.17, 15) is 0 Å². The fourth-order valence-corrected chi connectivity index (χ4v) is 9.89. The van der Waals surface area contributed by atoms with Crippen molar-refractivity contribution >= 4 is 39.8 Å². The van der Waals surface area contributed by atoms with Gasteiger partial charge in [-0.1, -0.05) is 134 Å². The first kappa shape index (κ1) is 35.4. The van der Waals surface area contributed by atoms with Crippen LogP contribution in [0.3, 0.4) is 0 Å². The van der Waals surface area contributed by atoms with Crippen LogP contribution >= 0.6 is 0 Å². The molecule has 10 rings (SSSR count). The number of benzene rings is 5. The van der Waals surface area contributed by atoms with Gasteiger partial charge in [-0.2, -0.15) is 0 Å². The molecule has 1 unspecified atom stereocenters. The highest BCUT2D eigenvalue weighted by Crippen LogP contribution is 2.42. The summed E-state index contributed by atoms with van der Waals surface area (Å²) in [5.74, 6) is 0.544. The Morgan fingerprint density at radius 2 is 1.19 bits per heavy atom. The summed E-state index contributed by atoms with van der Waals surface area (Å²) in [5, 5.41) is 5.63. The van der Waals surface area contributed by atoms with Crippen molar-refractivity contribution in [2.45, 2.75) is 64.2 Å². The number of allylic oxidation sites excluding steroid dienone is 12. The Bertz CT molecular complexity index is 2720. The van der Waals surface area contributed by atoms with Crippen molar-refractivity contribution in [3.05, 3.63) is 191 Å². The van der Waals surface area contributed by atoms with Crippen LogP contribution in [0.25, 0.3) is 67.5 Å². The summed E-state index contributed by atoms with van der Waals surface area (Å²) < 4.78 is 0. The SMILES string of the molecule is C=C1CC=CC=C1C1CC=C(c2c3c(c(C4=CC=C(C5=NC=CCC5)CC4)c4cc(-c5cc(-c6ccccc6)cc(-c6ccccc6)c5)ccc24)=CCCC=3)CC1. The van der Waals surface area contributed by atoms with Crippen LogP contribution in [-0.2, 0) is 0 Å². The Balaban J connectivity index is 1.18. The van der Waals surface area contributed by atoms with Crippen LogP contribution in [0.2, 0.25) is 0 Å². The van der Waals surface area contributed by atoms with Gasteiger partial charge in [0.25, 0.3) is 0 Å². The number of fused-ring (bicyclic) bond motifs is 2. The van der Waals surface area contributed by atoms with Crippen LogP contribution in [-0.4, -0.2) is 5.71 Å². The van der Waals surface area contributed by atoms with Gasteiger partial charge in [0, 0.05) is 11.9 Å². The zero-order valence-corrected chi connectivity index (χ0v) is 32.8. The van der Waals surface area contributed by atoms with E-state index in [2.05, 4.69) is 158 Å². The lowest BCUT2D eigenvalue weighted by molar-refractivity contribution is 0.563. The number of aliphatic imine (C=N–C) groups is 1. The summed E-state index contributed by atoms with van der Waals surface area (Å²) in [6.07, 6.45) is 34.1. The van der Waals surface area contributed by atoms with Crippen molar-refractivity contribution < 1.29 is 0 Å². The number of hydrogen-bond acceptors (Lipinski definition) is 1. The monoisotopic (exact) mass is 735 g/mol. The van der Waals surface area contributed by atoms with Crippen LogP contribution in [0.15, 0.2) is 174 Å². The molecule has 0 aromatic heterocycles. The molecule has 0 saturated heterocycles. The van der Waals surface area contributed by atoms with Crippen LogP contribution in [0.4, 0.5) is 0 Å². The lowest BCUT2D eigenvalue weighted by atomic mass is 9.76. The van der Waals surface area contributed by atoms with Crippen molar-refractivity contribution in [1.82, 2.24) is 0 Å². The first-order valence-electron chi connectivity index (χ1n) is 21.1. The van der Waals surface area contributed by atoms with Gasteiger partial charge < -0.3 is 0 Å². The predicted molar refractivity (Wildman–Crippen MR) is 245 cm³/mol. The molecular formula is C56H49N. The summed E-state index contributed by atoms with van der Waals surface area (Å²) in [5.41, 5.74) is 18.7. The maximum Gasteiger partial charge on any atom is 0.0438 e. The highest BCUT2D eigenvalue weighted by Gasteiger charge is 2.25. The van der Waals surface area contributed by atoms with E-state index in [0.717, 1.165) is 64.2 Å². The zero-order chi connectivity index (χ0) is 38.1. The number of rotatable bonds is 7. The Morgan fingerprint density at radius 1 is 0.526 bits per heavy atom. The molecule has 1 heterocycles. The molecule has 1 nitrogen and oxygen atoms in total. The quantitative estimate of drug-likeness (QED) is 0.158. The van der Waals surface area contributed by atoms with E-state index in [1.54, 1.807) is 0 Å². The molecule has 1 atom stereocenters. The first-order valence-corrected chi connectivity index (χ1v) is 21.1. The molecule has 0 amide bonds. The molecule has 0 N–H and O–H groups in total. The Kier molecular flexibility index (Phi) is 9.60. The van der Waals surface area contributed by atoms with E-state index in [-0.39, 0.29) is 0 Å². The summed E-state index contributed by atoms with van der Waals surface area (Å²) in [4.78, 5) is 4.79. The summed E-state index contributed by atoms with van der Waals surface area (Å²) >= 11 is 0. The van der Waals surface area contributed by atoms with Gasteiger partial charge >= 0.3 is 0 Å². The number of nitrogens with zero attached hydrogens (tertiary/aromatic N) is 1. The Hall–Kier alpha value is -6.05. The minimum atomic E-state index is 0.544. The van der Waals surface area contributed by atoms with Gasteiger partial charge in [0.2, 0.25) is 0 Å². The largest absolute Gasteiger partial charge is 0.261 e. The van der Waals surface area contributed by atoms with Gasteiger partial charge in [0.05, 0.1) is 0 Å².